The lowest BCUT2D eigenvalue weighted by Gasteiger charge is -2.31. The SMILES string of the molecule is CN1CCC(CN(C)Cc2cc(Br)ccc2O)CC1. The zero-order chi connectivity index (χ0) is 13.8. The summed E-state index contributed by atoms with van der Waals surface area (Å²) in [6.45, 7) is 4.33. The van der Waals surface area contributed by atoms with Gasteiger partial charge in [0.15, 0.2) is 0 Å². The Balaban J connectivity index is 1.87. The molecule has 1 fully saturated rings. The number of nitrogens with zero attached hydrogens (tertiary/aromatic N) is 2. The smallest absolute Gasteiger partial charge is 0.120 e. The van der Waals surface area contributed by atoms with Gasteiger partial charge in [-0.1, -0.05) is 15.9 Å². The molecule has 1 saturated heterocycles. The molecule has 2 rings (SSSR count). The maximum absolute atomic E-state index is 9.87. The molecular formula is C15H23BrN2O. The van der Waals surface area contributed by atoms with Crippen molar-refractivity contribution in [1.29, 1.82) is 0 Å². The molecule has 0 aromatic heterocycles. The van der Waals surface area contributed by atoms with Crippen molar-refractivity contribution in [3.63, 3.8) is 0 Å². The predicted octanol–water partition coefficient (Wildman–Crippen LogP) is 2.93. The van der Waals surface area contributed by atoms with Gasteiger partial charge in [-0.15, -0.1) is 0 Å². The predicted molar refractivity (Wildman–Crippen MR) is 82.4 cm³/mol. The van der Waals surface area contributed by atoms with Gasteiger partial charge in [0, 0.05) is 23.1 Å². The molecule has 1 aliphatic heterocycles. The Morgan fingerprint density at radius 1 is 1.37 bits per heavy atom. The summed E-state index contributed by atoms with van der Waals surface area (Å²) in [6.07, 6.45) is 2.57. The number of halogens is 1. The third kappa shape index (κ3) is 4.48. The molecular weight excluding hydrogens is 304 g/mol. The summed E-state index contributed by atoms with van der Waals surface area (Å²) in [5, 5.41) is 9.87. The first kappa shape index (κ1) is 14.8. The largest absolute Gasteiger partial charge is 0.508 e. The number of rotatable bonds is 4. The summed E-state index contributed by atoms with van der Waals surface area (Å²) in [5.74, 6) is 1.17. The number of aromatic hydroxyl groups is 1. The van der Waals surface area contributed by atoms with Crippen LogP contribution in [0.15, 0.2) is 22.7 Å². The molecule has 4 heteroatoms. The minimum Gasteiger partial charge on any atom is -0.508 e. The molecule has 1 aromatic rings. The minimum atomic E-state index is 0.387. The van der Waals surface area contributed by atoms with E-state index < -0.39 is 0 Å². The number of phenols is 1. The molecule has 3 nitrogen and oxygen atoms in total. The Labute approximate surface area is 124 Å². The Morgan fingerprint density at radius 3 is 2.74 bits per heavy atom. The van der Waals surface area contributed by atoms with Gasteiger partial charge < -0.3 is 14.9 Å². The monoisotopic (exact) mass is 326 g/mol. The van der Waals surface area contributed by atoms with Crippen molar-refractivity contribution in [3.05, 3.63) is 28.2 Å². The third-order valence-electron chi connectivity index (χ3n) is 3.89. The lowest BCUT2D eigenvalue weighted by molar-refractivity contribution is 0.173. The van der Waals surface area contributed by atoms with Crippen molar-refractivity contribution >= 4 is 15.9 Å². The second-order valence-electron chi connectivity index (χ2n) is 5.72. The van der Waals surface area contributed by atoms with E-state index in [0.717, 1.165) is 29.0 Å². The lowest BCUT2D eigenvalue weighted by atomic mass is 9.96. The number of phenolic OH excluding ortho intramolecular Hbond substituents is 1. The zero-order valence-electron chi connectivity index (χ0n) is 11.8. The van der Waals surface area contributed by atoms with Crippen LogP contribution in [0, 0.1) is 5.92 Å². The number of benzene rings is 1. The van der Waals surface area contributed by atoms with E-state index in [-0.39, 0.29) is 0 Å². The highest BCUT2D eigenvalue weighted by Crippen LogP contribution is 2.24. The Kier molecular flexibility index (Phi) is 5.25. The molecule has 0 atom stereocenters. The minimum absolute atomic E-state index is 0.387. The van der Waals surface area contributed by atoms with Crippen molar-refractivity contribution in [1.82, 2.24) is 9.80 Å². The average molecular weight is 327 g/mol. The average Bonchev–Trinajstić information content (AvgIpc) is 2.37. The van der Waals surface area contributed by atoms with Crippen LogP contribution in [0.3, 0.4) is 0 Å². The van der Waals surface area contributed by atoms with Crippen LogP contribution in [-0.2, 0) is 6.54 Å². The number of likely N-dealkylation sites (tertiary alicyclic amines) is 1. The fourth-order valence-electron chi connectivity index (χ4n) is 2.72. The van der Waals surface area contributed by atoms with Gasteiger partial charge in [0.1, 0.15) is 5.75 Å². The number of piperidine rings is 1. The molecule has 106 valence electrons. The van der Waals surface area contributed by atoms with E-state index in [0.29, 0.717) is 5.75 Å². The van der Waals surface area contributed by atoms with E-state index >= 15 is 0 Å². The summed E-state index contributed by atoms with van der Waals surface area (Å²) >= 11 is 3.46. The van der Waals surface area contributed by atoms with Crippen molar-refractivity contribution in [2.75, 3.05) is 33.7 Å². The highest BCUT2D eigenvalue weighted by atomic mass is 79.9. The first-order chi connectivity index (χ1) is 9.04. The quantitative estimate of drug-likeness (QED) is 0.921. The molecule has 0 saturated carbocycles. The van der Waals surface area contributed by atoms with Crippen LogP contribution >= 0.6 is 15.9 Å². The van der Waals surface area contributed by atoms with E-state index in [2.05, 4.69) is 39.8 Å². The highest BCUT2D eigenvalue weighted by molar-refractivity contribution is 9.10. The highest BCUT2D eigenvalue weighted by Gasteiger charge is 2.18. The summed E-state index contributed by atoms with van der Waals surface area (Å²) in [6, 6.07) is 5.62. The van der Waals surface area contributed by atoms with E-state index in [1.54, 1.807) is 6.07 Å². The van der Waals surface area contributed by atoms with Crippen LogP contribution in [0.4, 0.5) is 0 Å². The number of hydrogen-bond donors (Lipinski definition) is 1. The topological polar surface area (TPSA) is 26.7 Å². The van der Waals surface area contributed by atoms with E-state index in [1.807, 2.05) is 12.1 Å². The fraction of sp³-hybridized carbons (Fsp3) is 0.600. The van der Waals surface area contributed by atoms with Gasteiger partial charge in [-0.2, -0.15) is 0 Å². The van der Waals surface area contributed by atoms with Crippen molar-refractivity contribution < 1.29 is 5.11 Å². The van der Waals surface area contributed by atoms with Crippen molar-refractivity contribution in [3.8, 4) is 5.75 Å². The molecule has 0 aliphatic carbocycles. The van der Waals surface area contributed by atoms with Gasteiger partial charge in [-0.25, -0.2) is 0 Å². The molecule has 1 aromatic carbocycles. The zero-order valence-corrected chi connectivity index (χ0v) is 13.4. The molecule has 1 aliphatic rings. The molecule has 0 bridgehead atoms. The van der Waals surface area contributed by atoms with E-state index in [9.17, 15) is 5.11 Å². The van der Waals surface area contributed by atoms with Crippen LogP contribution in [0.1, 0.15) is 18.4 Å². The lowest BCUT2D eigenvalue weighted by Crippen LogP contribution is -2.35. The van der Waals surface area contributed by atoms with E-state index in [4.69, 9.17) is 0 Å². The third-order valence-corrected chi connectivity index (χ3v) is 4.38. The molecule has 0 amide bonds. The standard InChI is InChI=1S/C15H23BrN2O/c1-17-7-5-12(6-8-17)10-18(2)11-13-9-14(16)3-4-15(13)19/h3-4,9,12,19H,5-8,10-11H2,1-2H3. The molecule has 0 spiro atoms. The molecule has 19 heavy (non-hydrogen) atoms. The maximum atomic E-state index is 9.87. The van der Waals surface area contributed by atoms with Gasteiger partial charge in [-0.05, 0) is 64.1 Å². The summed E-state index contributed by atoms with van der Waals surface area (Å²) in [5.41, 5.74) is 0.991. The Morgan fingerprint density at radius 2 is 2.05 bits per heavy atom. The van der Waals surface area contributed by atoms with Gasteiger partial charge in [0.25, 0.3) is 0 Å². The van der Waals surface area contributed by atoms with Gasteiger partial charge in [0.05, 0.1) is 0 Å². The van der Waals surface area contributed by atoms with E-state index in [1.165, 1.54) is 25.9 Å². The second-order valence-corrected chi connectivity index (χ2v) is 6.63. The summed E-state index contributed by atoms with van der Waals surface area (Å²) in [4.78, 5) is 4.72. The normalized spacial score (nSPS) is 18.1. The number of hydrogen-bond acceptors (Lipinski definition) is 3. The van der Waals surface area contributed by atoms with Crippen LogP contribution < -0.4 is 0 Å². The molecule has 0 radical (unpaired) electrons. The molecule has 1 N–H and O–H groups in total. The van der Waals surface area contributed by atoms with Crippen molar-refractivity contribution in [2.24, 2.45) is 5.92 Å². The molecule has 1 heterocycles. The first-order valence-electron chi connectivity index (χ1n) is 6.89. The van der Waals surface area contributed by atoms with Crippen LogP contribution in [0.2, 0.25) is 0 Å². The van der Waals surface area contributed by atoms with Crippen LogP contribution in [0.25, 0.3) is 0 Å². The maximum Gasteiger partial charge on any atom is 0.120 e. The fourth-order valence-corrected chi connectivity index (χ4v) is 3.13. The molecule has 0 unspecified atom stereocenters. The Bertz CT molecular complexity index is 417. The van der Waals surface area contributed by atoms with Crippen LogP contribution in [0.5, 0.6) is 5.75 Å². The van der Waals surface area contributed by atoms with Gasteiger partial charge >= 0.3 is 0 Å². The van der Waals surface area contributed by atoms with Crippen molar-refractivity contribution in [2.45, 2.75) is 19.4 Å². The Hall–Kier alpha value is -0.580. The van der Waals surface area contributed by atoms with Gasteiger partial charge in [-0.3, -0.25) is 0 Å². The first-order valence-corrected chi connectivity index (χ1v) is 7.68. The van der Waals surface area contributed by atoms with Gasteiger partial charge in [0.2, 0.25) is 0 Å². The second kappa shape index (κ2) is 6.73. The summed E-state index contributed by atoms with van der Waals surface area (Å²) < 4.78 is 1.02. The van der Waals surface area contributed by atoms with Crippen LogP contribution in [-0.4, -0.2) is 48.6 Å². The summed E-state index contributed by atoms with van der Waals surface area (Å²) in [7, 11) is 4.33.